The molecule has 1 atom stereocenters. The average molecular weight is 373 g/mol. The number of amides is 1. The first-order valence-electron chi connectivity index (χ1n) is 8.53. The van der Waals surface area contributed by atoms with Crippen molar-refractivity contribution in [2.75, 3.05) is 23.8 Å². The van der Waals surface area contributed by atoms with Crippen LogP contribution in [0.2, 0.25) is 0 Å². The molecule has 1 unspecified atom stereocenters. The summed E-state index contributed by atoms with van der Waals surface area (Å²) in [6.45, 7) is 2.69. The van der Waals surface area contributed by atoms with Crippen LogP contribution in [0.1, 0.15) is 50.8 Å². The number of thioether (sulfide) groups is 1. The van der Waals surface area contributed by atoms with Crippen LogP contribution < -0.4 is 0 Å². The Morgan fingerprint density at radius 2 is 2.17 bits per heavy atom. The molecule has 2 aliphatic rings. The van der Waals surface area contributed by atoms with Crippen LogP contribution in [-0.4, -0.2) is 64.3 Å². The van der Waals surface area contributed by atoms with Crippen LogP contribution in [0, 0.1) is 0 Å². The summed E-state index contributed by atoms with van der Waals surface area (Å²) in [6, 6.07) is -0.177. The molecule has 134 valence electrons. The fourth-order valence-corrected chi connectivity index (χ4v) is 5.35. The molecule has 1 amide bonds. The molecule has 7 nitrogen and oxygen atoms in total. The maximum atomic E-state index is 12.6. The third-order valence-corrected chi connectivity index (χ3v) is 7.08. The summed E-state index contributed by atoms with van der Waals surface area (Å²) in [7, 11) is -3.00. The second-order valence-corrected chi connectivity index (χ2v) is 9.73. The van der Waals surface area contributed by atoms with Crippen molar-refractivity contribution in [2.24, 2.45) is 0 Å². The van der Waals surface area contributed by atoms with Gasteiger partial charge in [-0.05, 0) is 25.7 Å². The summed E-state index contributed by atoms with van der Waals surface area (Å²) < 4.78 is 23.5. The Balaban J connectivity index is 1.57. The van der Waals surface area contributed by atoms with Crippen molar-refractivity contribution < 1.29 is 13.2 Å². The first kappa shape index (κ1) is 17.7. The van der Waals surface area contributed by atoms with Crippen molar-refractivity contribution in [3.05, 3.63) is 5.82 Å². The van der Waals surface area contributed by atoms with E-state index in [0.717, 1.165) is 31.5 Å². The van der Waals surface area contributed by atoms with Crippen LogP contribution in [0.5, 0.6) is 0 Å². The normalized spacial score (nSPS) is 22.6. The molecule has 0 radical (unpaired) electrons. The molecule has 0 spiro atoms. The highest BCUT2D eigenvalue weighted by molar-refractivity contribution is 7.99. The lowest BCUT2D eigenvalue weighted by atomic mass is 10.2. The van der Waals surface area contributed by atoms with Crippen LogP contribution >= 0.6 is 11.8 Å². The number of hydrogen-bond acceptors (Lipinski definition) is 6. The van der Waals surface area contributed by atoms with Crippen LogP contribution in [0.15, 0.2) is 5.16 Å². The Labute approximate surface area is 146 Å². The molecular weight excluding hydrogens is 348 g/mol. The summed E-state index contributed by atoms with van der Waals surface area (Å²) in [4.78, 5) is 18.8. The van der Waals surface area contributed by atoms with Gasteiger partial charge in [-0.1, -0.05) is 25.1 Å². The minimum absolute atomic E-state index is 0.0201. The third-order valence-electron chi connectivity index (χ3n) is 4.49. The van der Waals surface area contributed by atoms with Gasteiger partial charge >= 0.3 is 0 Å². The molecule has 1 N–H and O–H groups in total. The van der Waals surface area contributed by atoms with Crippen LogP contribution in [0.3, 0.4) is 0 Å². The van der Waals surface area contributed by atoms with E-state index in [1.165, 1.54) is 11.8 Å². The number of nitrogens with zero attached hydrogens (tertiary/aromatic N) is 3. The van der Waals surface area contributed by atoms with Crippen molar-refractivity contribution in [1.82, 2.24) is 20.1 Å². The van der Waals surface area contributed by atoms with Crippen molar-refractivity contribution >= 4 is 27.5 Å². The van der Waals surface area contributed by atoms with Gasteiger partial charge in [0.05, 0.1) is 17.3 Å². The number of aromatic amines is 1. The van der Waals surface area contributed by atoms with E-state index >= 15 is 0 Å². The molecule has 1 saturated carbocycles. The monoisotopic (exact) mass is 372 g/mol. The van der Waals surface area contributed by atoms with Gasteiger partial charge in [0.15, 0.2) is 9.84 Å². The van der Waals surface area contributed by atoms with E-state index in [2.05, 4.69) is 22.1 Å². The molecule has 3 rings (SSSR count). The van der Waals surface area contributed by atoms with E-state index in [1.54, 1.807) is 4.90 Å². The maximum absolute atomic E-state index is 12.6. The summed E-state index contributed by atoms with van der Waals surface area (Å²) in [5, 5.41) is 7.68. The Morgan fingerprint density at radius 1 is 1.38 bits per heavy atom. The van der Waals surface area contributed by atoms with Crippen LogP contribution in [0.4, 0.5) is 0 Å². The average Bonchev–Trinajstić information content (AvgIpc) is 3.18. The first-order valence-corrected chi connectivity index (χ1v) is 11.3. The van der Waals surface area contributed by atoms with Crippen LogP contribution in [0.25, 0.3) is 0 Å². The summed E-state index contributed by atoms with van der Waals surface area (Å²) in [5.74, 6) is 1.93. The molecule has 1 aliphatic heterocycles. The highest BCUT2D eigenvalue weighted by Crippen LogP contribution is 2.38. The smallest absolute Gasteiger partial charge is 0.233 e. The lowest BCUT2D eigenvalue weighted by molar-refractivity contribution is -0.130. The van der Waals surface area contributed by atoms with Crippen molar-refractivity contribution in [2.45, 2.75) is 56.1 Å². The highest BCUT2D eigenvalue weighted by atomic mass is 32.2. The molecule has 1 saturated heterocycles. The Morgan fingerprint density at radius 3 is 2.79 bits per heavy atom. The number of sulfone groups is 1. The number of H-pyrrole nitrogens is 1. The fraction of sp³-hybridized carbons (Fsp3) is 0.800. The minimum Gasteiger partial charge on any atom is -0.338 e. The molecular formula is C15H24N4O3S2. The molecule has 2 heterocycles. The van der Waals surface area contributed by atoms with Gasteiger partial charge in [0.1, 0.15) is 5.82 Å². The minimum atomic E-state index is -3.00. The highest BCUT2D eigenvalue weighted by Gasteiger charge is 2.34. The van der Waals surface area contributed by atoms with E-state index in [1.807, 2.05) is 0 Å². The topological polar surface area (TPSA) is 96.0 Å². The van der Waals surface area contributed by atoms with Crippen molar-refractivity contribution in [1.29, 1.82) is 0 Å². The van der Waals surface area contributed by atoms with Gasteiger partial charge in [-0.15, -0.1) is 5.10 Å². The summed E-state index contributed by atoms with van der Waals surface area (Å²) in [6.07, 6.45) is 4.72. The Hall–Kier alpha value is -1.09. The van der Waals surface area contributed by atoms with E-state index in [4.69, 9.17) is 0 Å². The quantitative estimate of drug-likeness (QED) is 0.696. The fourth-order valence-electron chi connectivity index (χ4n) is 2.93. The second-order valence-electron chi connectivity index (χ2n) is 6.56. The number of carbonyl (C=O) groups is 1. The number of aromatic nitrogens is 3. The van der Waals surface area contributed by atoms with E-state index < -0.39 is 9.84 Å². The molecule has 0 bridgehead atoms. The summed E-state index contributed by atoms with van der Waals surface area (Å²) >= 11 is 1.32. The van der Waals surface area contributed by atoms with Gasteiger partial charge in [-0.2, -0.15) is 0 Å². The predicted molar refractivity (Wildman–Crippen MR) is 92.8 cm³/mol. The number of rotatable bonds is 8. The molecule has 2 fully saturated rings. The predicted octanol–water partition coefficient (Wildman–Crippen LogP) is 1.59. The van der Waals surface area contributed by atoms with Gasteiger partial charge in [0, 0.05) is 18.5 Å². The van der Waals surface area contributed by atoms with Crippen molar-refractivity contribution in [3.63, 3.8) is 0 Å². The second kappa shape index (κ2) is 7.43. The zero-order chi connectivity index (χ0) is 17.2. The Bertz CT molecular complexity index is 685. The van der Waals surface area contributed by atoms with Crippen molar-refractivity contribution in [3.8, 4) is 0 Å². The molecule has 9 heteroatoms. The van der Waals surface area contributed by atoms with Gasteiger partial charge < -0.3 is 4.90 Å². The number of unbranched alkanes of at least 4 members (excludes halogenated alkanes) is 1. The standard InChI is InChI=1S/C15H24N4O3S2/c1-2-3-7-19(12-6-8-24(21,22)10-12)13(20)9-23-15-16-14(17-18-15)11-4-5-11/h11-12H,2-10H2,1H3,(H,16,17,18). The van der Waals surface area contributed by atoms with Gasteiger partial charge in [0.25, 0.3) is 0 Å². The third kappa shape index (κ3) is 4.50. The SMILES string of the molecule is CCCCN(C(=O)CSc1n[nH]c(C2CC2)n1)C1CCS(=O)(=O)C1. The number of hydrogen-bond donors (Lipinski definition) is 1. The first-order chi connectivity index (χ1) is 11.5. The Kier molecular flexibility index (Phi) is 5.49. The molecule has 0 aromatic carbocycles. The van der Waals surface area contributed by atoms with E-state index in [9.17, 15) is 13.2 Å². The summed E-state index contributed by atoms with van der Waals surface area (Å²) in [5.41, 5.74) is 0. The van der Waals surface area contributed by atoms with Gasteiger partial charge in [-0.25, -0.2) is 13.4 Å². The lowest BCUT2D eigenvalue weighted by Gasteiger charge is -2.28. The largest absolute Gasteiger partial charge is 0.338 e. The maximum Gasteiger partial charge on any atom is 0.233 e. The van der Waals surface area contributed by atoms with E-state index in [-0.39, 0.29) is 29.2 Å². The molecule has 1 aromatic rings. The van der Waals surface area contributed by atoms with Crippen LogP contribution in [-0.2, 0) is 14.6 Å². The molecule has 1 aliphatic carbocycles. The zero-order valence-electron chi connectivity index (χ0n) is 13.9. The molecule has 1 aromatic heterocycles. The zero-order valence-corrected chi connectivity index (χ0v) is 15.5. The lowest BCUT2D eigenvalue weighted by Crippen LogP contribution is -2.42. The molecule has 24 heavy (non-hydrogen) atoms. The van der Waals surface area contributed by atoms with E-state index in [0.29, 0.717) is 24.0 Å². The number of nitrogens with one attached hydrogen (secondary N) is 1. The number of carbonyl (C=O) groups excluding carboxylic acids is 1. The van der Waals surface area contributed by atoms with Gasteiger partial charge in [0.2, 0.25) is 11.1 Å². The van der Waals surface area contributed by atoms with Gasteiger partial charge in [-0.3, -0.25) is 9.89 Å².